The maximum atomic E-state index is 13.3. The molecule has 0 bridgehead atoms. The lowest BCUT2D eigenvalue weighted by molar-refractivity contribution is -0.115. The van der Waals surface area contributed by atoms with Crippen molar-refractivity contribution in [1.82, 2.24) is 0 Å². The smallest absolute Gasteiger partial charge is 0.387 e. The summed E-state index contributed by atoms with van der Waals surface area (Å²) in [5.41, 5.74) is 1.48. The van der Waals surface area contributed by atoms with Crippen molar-refractivity contribution in [2.24, 2.45) is 0 Å². The van der Waals surface area contributed by atoms with Crippen LogP contribution >= 0.6 is 0 Å². The largest absolute Gasteiger partial charge is 0.464 e. The predicted molar refractivity (Wildman–Crippen MR) is 81.6 cm³/mol. The fraction of sp³-hybridized carbons (Fsp3) is 0.118. The highest BCUT2D eigenvalue weighted by molar-refractivity contribution is 5.95. The third-order valence-corrected chi connectivity index (χ3v) is 3.33. The molecule has 1 amide bonds. The van der Waals surface area contributed by atoms with Crippen LogP contribution in [0, 0.1) is 5.82 Å². The van der Waals surface area contributed by atoms with Crippen LogP contribution in [0.15, 0.2) is 53.1 Å². The van der Waals surface area contributed by atoms with E-state index in [-0.39, 0.29) is 18.1 Å². The van der Waals surface area contributed by atoms with E-state index in [1.165, 1.54) is 48.7 Å². The summed E-state index contributed by atoms with van der Waals surface area (Å²) in [4.78, 5) is 12.1. The van der Waals surface area contributed by atoms with Crippen LogP contribution in [-0.4, -0.2) is 12.5 Å². The monoisotopic (exact) mass is 335 g/mol. The summed E-state index contributed by atoms with van der Waals surface area (Å²) in [5.74, 6) is -0.760. The normalized spacial score (nSPS) is 11.0. The molecule has 3 rings (SSSR count). The van der Waals surface area contributed by atoms with Gasteiger partial charge in [-0.15, -0.1) is 0 Å². The van der Waals surface area contributed by atoms with Gasteiger partial charge >= 0.3 is 6.61 Å². The first kappa shape index (κ1) is 15.9. The van der Waals surface area contributed by atoms with E-state index in [2.05, 4.69) is 10.1 Å². The van der Waals surface area contributed by atoms with Crippen molar-refractivity contribution in [3.05, 3.63) is 60.1 Å². The Kier molecular flexibility index (Phi) is 4.41. The Morgan fingerprint density at radius 3 is 2.62 bits per heavy atom. The number of hydrogen-bond donors (Lipinski definition) is 1. The summed E-state index contributed by atoms with van der Waals surface area (Å²) in [6.07, 6.45) is 1.40. The molecular weight excluding hydrogens is 323 g/mol. The maximum absolute atomic E-state index is 13.3. The van der Waals surface area contributed by atoms with Crippen LogP contribution in [0.3, 0.4) is 0 Å². The Balaban J connectivity index is 1.67. The third-order valence-electron chi connectivity index (χ3n) is 3.33. The zero-order valence-corrected chi connectivity index (χ0v) is 12.3. The number of benzene rings is 2. The van der Waals surface area contributed by atoms with Crippen LogP contribution in [-0.2, 0) is 11.2 Å². The average molecular weight is 335 g/mol. The number of furan rings is 1. The SMILES string of the molecule is O=C(Cc1coc2ccc(F)cc12)Nc1ccc(OC(F)F)cc1. The minimum atomic E-state index is -2.90. The van der Waals surface area contributed by atoms with Gasteiger partial charge in [0.05, 0.1) is 12.7 Å². The summed E-state index contributed by atoms with van der Waals surface area (Å²) in [7, 11) is 0. The molecule has 0 unspecified atom stereocenters. The Labute approximate surface area is 134 Å². The molecule has 0 saturated carbocycles. The van der Waals surface area contributed by atoms with Crippen LogP contribution in [0.1, 0.15) is 5.56 Å². The van der Waals surface area contributed by atoms with Gasteiger partial charge in [-0.1, -0.05) is 0 Å². The van der Waals surface area contributed by atoms with Gasteiger partial charge in [-0.3, -0.25) is 4.79 Å². The van der Waals surface area contributed by atoms with E-state index in [1.54, 1.807) is 0 Å². The highest BCUT2D eigenvalue weighted by Gasteiger charge is 2.12. The molecular formula is C17H12F3NO3. The maximum Gasteiger partial charge on any atom is 0.387 e. The van der Waals surface area contributed by atoms with Crippen molar-refractivity contribution in [3.63, 3.8) is 0 Å². The second kappa shape index (κ2) is 6.66. The van der Waals surface area contributed by atoms with Crippen LogP contribution in [0.5, 0.6) is 5.75 Å². The van der Waals surface area contributed by atoms with Crippen molar-refractivity contribution in [2.45, 2.75) is 13.0 Å². The highest BCUT2D eigenvalue weighted by atomic mass is 19.3. The molecule has 0 atom stereocenters. The molecule has 0 aliphatic carbocycles. The summed E-state index contributed by atoms with van der Waals surface area (Å²) in [6, 6.07) is 9.62. The molecule has 0 spiro atoms. The molecule has 4 nitrogen and oxygen atoms in total. The minimum Gasteiger partial charge on any atom is -0.464 e. The number of alkyl halides is 2. The number of ether oxygens (including phenoxy) is 1. The summed E-state index contributed by atoms with van der Waals surface area (Å²) in [5, 5.41) is 3.16. The lowest BCUT2D eigenvalue weighted by Gasteiger charge is -2.07. The summed E-state index contributed by atoms with van der Waals surface area (Å²) in [6.45, 7) is -2.90. The van der Waals surface area contributed by atoms with E-state index in [9.17, 15) is 18.0 Å². The molecule has 2 aromatic carbocycles. The number of carbonyl (C=O) groups excluding carboxylic acids is 1. The first-order valence-electron chi connectivity index (χ1n) is 7.01. The molecule has 7 heteroatoms. The third kappa shape index (κ3) is 3.68. The molecule has 124 valence electrons. The average Bonchev–Trinajstić information content (AvgIpc) is 2.91. The minimum absolute atomic E-state index is 0.000646. The van der Waals surface area contributed by atoms with Gasteiger partial charge in [0.15, 0.2) is 0 Å². The Hall–Kier alpha value is -2.96. The number of anilines is 1. The van der Waals surface area contributed by atoms with E-state index >= 15 is 0 Å². The molecule has 1 heterocycles. The van der Waals surface area contributed by atoms with Crippen molar-refractivity contribution in [1.29, 1.82) is 0 Å². The fourth-order valence-corrected chi connectivity index (χ4v) is 2.29. The van der Waals surface area contributed by atoms with Crippen molar-refractivity contribution in [2.75, 3.05) is 5.32 Å². The van der Waals surface area contributed by atoms with Crippen LogP contribution in [0.2, 0.25) is 0 Å². The molecule has 0 aliphatic rings. The lowest BCUT2D eigenvalue weighted by Crippen LogP contribution is -2.14. The molecule has 24 heavy (non-hydrogen) atoms. The van der Waals surface area contributed by atoms with Crippen LogP contribution < -0.4 is 10.1 Å². The number of amides is 1. The Morgan fingerprint density at radius 1 is 1.17 bits per heavy atom. The number of hydrogen-bond acceptors (Lipinski definition) is 3. The molecule has 1 N–H and O–H groups in total. The van der Waals surface area contributed by atoms with E-state index in [1.807, 2.05) is 0 Å². The van der Waals surface area contributed by atoms with Gasteiger partial charge in [0, 0.05) is 16.6 Å². The van der Waals surface area contributed by atoms with Gasteiger partial charge in [0.2, 0.25) is 5.91 Å². The molecule has 0 radical (unpaired) electrons. The van der Waals surface area contributed by atoms with Gasteiger partial charge < -0.3 is 14.5 Å². The van der Waals surface area contributed by atoms with Gasteiger partial charge in [0.25, 0.3) is 0 Å². The fourth-order valence-electron chi connectivity index (χ4n) is 2.29. The number of nitrogens with one attached hydrogen (secondary N) is 1. The van der Waals surface area contributed by atoms with Gasteiger partial charge in [-0.05, 0) is 42.5 Å². The van der Waals surface area contributed by atoms with E-state index in [4.69, 9.17) is 4.42 Å². The van der Waals surface area contributed by atoms with Crippen molar-refractivity contribution >= 4 is 22.6 Å². The molecule has 0 saturated heterocycles. The standard InChI is InChI=1S/C17H12F3NO3/c18-11-1-6-15-14(8-11)10(9-23-15)7-16(22)21-12-2-4-13(5-3-12)24-17(19)20/h1-6,8-9,17H,7H2,(H,21,22). The molecule has 3 aromatic rings. The van der Waals surface area contributed by atoms with Crippen LogP contribution in [0.25, 0.3) is 11.0 Å². The predicted octanol–water partition coefficient (Wildman–Crippen LogP) is 4.35. The first-order chi connectivity index (χ1) is 11.5. The van der Waals surface area contributed by atoms with Crippen LogP contribution in [0.4, 0.5) is 18.9 Å². The zero-order chi connectivity index (χ0) is 17.1. The van der Waals surface area contributed by atoms with Gasteiger partial charge in [0.1, 0.15) is 17.1 Å². The van der Waals surface area contributed by atoms with Gasteiger partial charge in [-0.25, -0.2) is 4.39 Å². The Morgan fingerprint density at radius 2 is 1.92 bits per heavy atom. The highest BCUT2D eigenvalue weighted by Crippen LogP contribution is 2.23. The van der Waals surface area contributed by atoms with E-state index in [0.29, 0.717) is 22.2 Å². The van der Waals surface area contributed by atoms with Crippen molar-refractivity contribution in [3.8, 4) is 5.75 Å². The number of rotatable bonds is 5. The first-order valence-corrected chi connectivity index (χ1v) is 7.01. The van der Waals surface area contributed by atoms with E-state index in [0.717, 1.165) is 0 Å². The quantitative estimate of drug-likeness (QED) is 0.754. The molecule has 0 fully saturated rings. The number of halogens is 3. The molecule has 0 aliphatic heterocycles. The lowest BCUT2D eigenvalue weighted by atomic mass is 10.1. The second-order valence-corrected chi connectivity index (χ2v) is 5.03. The zero-order valence-electron chi connectivity index (χ0n) is 12.3. The number of fused-ring (bicyclic) bond motifs is 1. The summed E-state index contributed by atoms with van der Waals surface area (Å²) < 4.78 is 46.9. The summed E-state index contributed by atoms with van der Waals surface area (Å²) >= 11 is 0. The van der Waals surface area contributed by atoms with Crippen molar-refractivity contribution < 1.29 is 27.1 Å². The molecule has 1 aromatic heterocycles. The van der Waals surface area contributed by atoms with Gasteiger partial charge in [-0.2, -0.15) is 8.78 Å². The van der Waals surface area contributed by atoms with E-state index < -0.39 is 12.4 Å². The topological polar surface area (TPSA) is 51.5 Å². The Bertz CT molecular complexity index is 859. The second-order valence-electron chi connectivity index (χ2n) is 5.03. The number of carbonyl (C=O) groups is 1.